The molecule has 0 aliphatic heterocycles. The summed E-state index contributed by atoms with van der Waals surface area (Å²) in [6.07, 6.45) is 4.77. The third kappa shape index (κ3) is 4.44. The molecule has 6 nitrogen and oxygen atoms in total. The number of fused-ring (bicyclic) bond motifs is 1. The van der Waals surface area contributed by atoms with Crippen LogP contribution in [0.5, 0.6) is 5.75 Å². The average molecular weight is 460 g/mol. The van der Waals surface area contributed by atoms with Gasteiger partial charge in [0.15, 0.2) is 5.82 Å². The molecule has 0 amide bonds. The lowest BCUT2D eigenvalue weighted by Crippen LogP contribution is -1.96. The summed E-state index contributed by atoms with van der Waals surface area (Å²) < 4.78 is 9.53. The second-order valence-electron chi connectivity index (χ2n) is 8.24. The molecular weight excluding hydrogens is 434 g/mol. The molecule has 0 saturated heterocycles. The van der Waals surface area contributed by atoms with Crippen LogP contribution in [0.15, 0.2) is 85.1 Å². The van der Waals surface area contributed by atoms with Crippen LogP contribution < -0.4 is 4.74 Å². The summed E-state index contributed by atoms with van der Waals surface area (Å²) in [7, 11) is 1.93. The maximum atomic E-state index is 10.1. The van der Waals surface area contributed by atoms with Crippen molar-refractivity contribution in [1.29, 1.82) is 5.26 Å². The highest BCUT2D eigenvalue weighted by molar-refractivity contribution is 5.93. The highest BCUT2D eigenvalue weighted by Gasteiger charge is 2.16. The number of hydrogen-bond donors (Lipinski definition) is 0. The summed E-state index contributed by atoms with van der Waals surface area (Å²) in [6.45, 7) is 2.76. The maximum Gasteiger partial charge on any atom is 0.151 e. The van der Waals surface area contributed by atoms with Gasteiger partial charge in [0.05, 0.1) is 34.6 Å². The van der Waals surface area contributed by atoms with Crippen LogP contribution in [0.3, 0.4) is 0 Å². The fraction of sp³-hybridized carbons (Fsp3) is 0.138. The first kappa shape index (κ1) is 22.2. The van der Waals surface area contributed by atoms with E-state index in [9.17, 15) is 5.26 Å². The molecule has 172 valence electrons. The Labute approximate surface area is 204 Å². The van der Waals surface area contributed by atoms with Gasteiger partial charge in [0.2, 0.25) is 0 Å². The fourth-order valence-electron chi connectivity index (χ4n) is 4.05. The van der Waals surface area contributed by atoms with Crippen molar-refractivity contribution in [1.82, 2.24) is 19.3 Å². The average Bonchev–Trinajstić information content (AvgIpc) is 3.48. The Balaban J connectivity index is 1.62. The highest BCUT2D eigenvalue weighted by atomic mass is 16.5. The van der Waals surface area contributed by atoms with Crippen molar-refractivity contribution in [3.63, 3.8) is 0 Å². The van der Waals surface area contributed by atoms with E-state index in [1.165, 1.54) is 0 Å². The van der Waals surface area contributed by atoms with E-state index in [1.807, 2.05) is 107 Å². The van der Waals surface area contributed by atoms with Crippen LogP contribution in [0.1, 0.15) is 24.7 Å². The summed E-state index contributed by atoms with van der Waals surface area (Å²) in [6, 6.07) is 28.1. The smallest absolute Gasteiger partial charge is 0.151 e. The largest absolute Gasteiger partial charge is 0.494 e. The molecule has 2 heterocycles. The van der Waals surface area contributed by atoms with Crippen molar-refractivity contribution in [3.05, 3.63) is 96.4 Å². The standard InChI is InChI=1S/C29H25N5O/c1-3-17-35-25-15-13-21(14-16-25)28-23(20-34(32-28)24-9-5-4-6-10-24)18-22(19-30)29-31-26-11-7-8-12-27(26)33(29)2/h4-16,18,20H,3,17H2,1-2H3/b22-18+. The molecule has 2 aromatic heterocycles. The molecule has 0 bridgehead atoms. The molecule has 0 fully saturated rings. The Morgan fingerprint density at radius 1 is 1.00 bits per heavy atom. The number of imidazole rings is 1. The normalized spacial score (nSPS) is 11.5. The molecule has 0 unspecified atom stereocenters. The summed E-state index contributed by atoms with van der Waals surface area (Å²) in [5.74, 6) is 1.45. The van der Waals surface area contributed by atoms with Crippen molar-refractivity contribution in [2.75, 3.05) is 6.61 Å². The van der Waals surface area contributed by atoms with Crippen LogP contribution in [0.4, 0.5) is 0 Å². The van der Waals surface area contributed by atoms with Gasteiger partial charge in [0, 0.05) is 24.4 Å². The minimum atomic E-state index is 0.473. The van der Waals surface area contributed by atoms with E-state index in [1.54, 1.807) is 0 Å². The first-order chi connectivity index (χ1) is 17.2. The van der Waals surface area contributed by atoms with E-state index >= 15 is 0 Å². The number of aryl methyl sites for hydroxylation is 1. The van der Waals surface area contributed by atoms with E-state index in [4.69, 9.17) is 14.8 Å². The second-order valence-corrected chi connectivity index (χ2v) is 8.24. The molecule has 0 aliphatic rings. The Morgan fingerprint density at radius 2 is 1.74 bits per heavy atom. The van der Waals surface area contributed by atoms with Gasteiger partial charge < -0.3 is 9.30 Å². The van der Waals surface area contributed by atoms with Gasteiger partial charge in [-0.2, -0.15) is 10.4 Å². The molecule has 0 aliphatic carbocycles. The number of hydrogen-bond acceptors (Lipinski definition) is 4. The molecule has 0 saturated carbocycles. The van der Waals surface area contributed by atoms with Crippen LogP contribution in [-0.4, -0.2) is 25.9 Å². The number of nitrogens with zero attached hydrogens (tertiary/aromatic N) is 5. The quantitative estimate of drug-likeness (QED) is 0.269. The predicted octanol–water partition coefficient (Wildman–Crippen LogP) is 6.28. The summed E-state index contributed by atoms with van der Waals surface area (Å²) in [4.78, 5) is 4.72. The zero-order valence-corrected chi connectivity index (χ0v) is 19.7. The lowest BCUT2D eigenvalue weighted by atomic mass is 10.1. The number of ether oxygens (including phenoxy) is 1. The number of nitriles is 1. The third-order valence-electron chi connectivity index (χ3n) is 5.81. The predicted molar refractivity (Wildman–Crippen MR) is 139 cm³/mol. The molecule has 5 aromatic rings. The lowest BCUT2D eigenvalue weighted by Gasteiger charge is -2.06. The molecule has 0 radical (unpaired) electrons. The van der Waals surface area contributed by atoms with Crippen LogP contribution in [0.25, 0.3) is 39.6 Å². The topological polar surface area (TPSA) is 68.7 Å². The van der Waals surface area contributed by atoms with Gasteiger partial charge in [-0.05, 0) is 61.0 Å². The maximum absolute atomic E-state index is 10.1. The van der Waals surface area contributed by atoms with Gasteiger partial charge in [0.25, 0.3) is 0 Å². The van der Waals surface area contributed by atoms with Crippen molar-refractivity contribution in [3.8, 4) is 28.8 Å². The molecule has 3 aromatic carbocycles. The van der Waals surface area contributed by atoms with Gasteiger partial charge >= 0.3 is 0 Å². The van der Waals surface area contributed by atoms with Crippen molar-refractivity contribution in [2.24, 2.45) is 7.05 Å². The van der Waals surface area contributed by atoms with Gasteiger partial charge in [-0.3, -0.25) is 0 Å². The first-order valence-corrected chi connectivity index (χ1v) is 11.6. The second kappa shape index (κ2) is 9.70. The zero-order chi connectivity index (χ0) is 24.2. The van der Waals surface area contributed by atoms with E-state index in [-0.39, 0.29) is 0 Å². The number of aromatic nitrogens is 4. The van der Waals surface area contributed by atoms with Gasteiger partial charge in [-0.15, -0.1) is 0 Å². The number of benzene rings is 3. The van der Waals surface area contributed by atoms with E-state index in [2.05, 4.69) is 13.0 Å². The van der Waals surface area contributed by atoms with Crippen LogP contribution in [-0.2, 0) is 7.05 Å². The molecule has 0 spiro atoms. The fourth-order valence-corrected chi connectivity index (χ4v) is 4.05. The Morgan fingerprint density at radius 3 is 2.46 bits per heavy atom. The monoisotopic (exact) mass is 459 g/mol. The van der Waals surface area contributed by atoms with Crippen molar-refractivity contribution >= 4 is 22.7 Å². The molecule has 0 N–H and O–H groups in total. The van der Waals surface area contributed by atoms with Crippen LogP contribution in [0, 0.1) is 11.3 Å². The van der Waals surface area contributed by atoms with Gasteiger partial charge in [-0.25, -0.2) is 9.67 Å². The third-order valence-corrected chi connectivity index (χ3v) is 5.81. The summed E-state index contributed by atoms with van der Waals surface area (Å²) in [5, 5.41) is 15.0. The molecule has 5 rings (SSSR count). The zero-order valence-electron chi connectivity index (χ0n) is 19.7. The number of allylic oxidation sites excluding steroid dienone is 1. The van der Waals surface area contributed by atoms with E-state index in [0.717, 1.165) is 45.7 Å². The Kier molecular flexibility index (Phi) is 6.15. The number of para-hydroxylation sites is 3. The number of rotatable bonds is 7. The van der Waals surface area contributed by atoms with E-state index < -0.39 is 0 Å². The van der Waals surface area contributed by atoms with Crippen molar-refractivity contribution < 1.29 is 4.74 Å². The lowest BCUT2D eigenvalue weighted by molar-refractivity contribution is 0.317. The van der Waals surface area contributed by atoms with Crippen molar-refractivity contribution in [2.45, 2.75) is 13.3 Å². The first-order valence-electron chi connectivity index (χ1n) is 11.6. The Bertz CT molecular complexity index is 1540. The molecular formula is C29H25N5O. The van der Waals surface area contributed by atoms with Gasteiger partial charge in [-0.1, -0.05) is 37.3 Å². The van der Waals surface area contributed by atoms with E-state index in [0.29, 0.717) is 18.0 Å². The SMILES string of the molecule is CCCOc1ccc(-c2nn(-c3ccccc3)cc2/C=C(\C#N)c2nc3ccccc3n2C)cc1. The molecule has 0 atom stereocenters. The molecule has 35 heavy (non-hydrogen) atoms. The molecule has 6 heteroatoms. The van der Waals surface area contributed by atoms with Crippen LogP contribution >= 0.6 is 0 Å². The van der Waals surface area contributed by atoms with Gasteiger partial charge in [0.1, 0.15) is 11.8 Å². The minimum Gasteiger partial charge on any atom is -0.494 e. The Hall–Kier alpha value is -4.63. The minimum absolute atomic E-state index is 0.473. The highest BCUT2D eigenvalue weighted by Crippen LogP contribution is 2.29. The summed E-state index contributed by atoms with van der Waals surface area (Å²) in [5.41, 5.74) is 5.80. The van der Waals surface area contributed by atoms with Crippen LogP contribution in [0.2, 0.25) is 0 Å². The summed E-state index contributed by atoms with van der Waals surface area (Å²) >= 11 is 0.